The Kier molecular flexibility index (Phi) is 4.71. The number of rotatable bonds is 3. The highest BCUT2D eigenvalue weighted by Crippen LogP contribution is 2.27. The van der Waals surface area contributed by atoms with Gasteiger partial charge in [-0.1, -0.05) is 46.9 Å². The van der Waals surface area contributed by atoms with E-state index < -0.39 is 9.76 Å². The number of carbonyl (C=O) groups is 1. The van der Waals surface area contributed by atoms with Crippen LogP contribution >= 0.6 is 34.8 Å². The zero-order valence-electron chi connectivity index (χ0n) is 8.38. The third kappa shape index (κ3) is 4.08. The molecule has 0 radical (unpaired) electrons. The van der Waals surface area contributed by atoms with Gasteiger partial charge >= 0.3 is 5.97 Å². The summed E-state index contributed by atoms with van der Waals surface area (Å²) in [5, 5.41) is 0. The molecular weight excluding hydrogens is 274 g/mol. The molecule has 0 N–H and O–H groups in total. The van der Waals surface area contributed by atoms with E-state index in [1.165, 1.54) is 0 Å². The number of halogens is 3. The molecule has 0 unspecified atom stereocenters. The highest BCUT2D eigenvalue weighted by molar-refractivity contribution is 6.75. The van der Waals surface area contributed by atoms with Crippen LogP contribution in [0.4, 0.5) is 0 Å². The maximum absolute atomic E-state index is 11.1. The fraction of sp³-hybridized carbons (Fsp3) is 0.300. The second-order valence-electron chi connectivity index (χ2n) is 2.92. The molecule has 6 heteroatoms. The van der Waals surface area contributed by atoms with Crippen LogP contribution in [-0.4, -0.2) is 16.9 Å². The zero-order valence-corrected chi connectivity index (χ0v) is 10.6. The standard InChI is InChI=1S/C10H9Cl3O3/c1-15-8-4-2-7(3-5-8)6-16-9(14)10(11,12)13/h2-5H,6H2,1H3. The molecule has 0 aliphatic rings. The van der Waals surface area contributed by atoms with Gasteiger partial charge < -0.3 is 9.47 Å². The van der Waals surface area contributed by atoms with Gasteiger partial charge in [0.25, 0.3) is 3.79 Å². The van der Waals surface area contributed by atoms with Crippen LogP contribution in [0.5, 0.6) is 5.75 Å². The van der Waals surface area contributed by atoms with Crippen LogP contribution in [0.15, 0.2) is 24.3 Å². The van der Waals surface area contributed by atoms with Crippen molar-refractivity contribution in [2.45, 2.75) is 10.4 Å². The topological polar surface area (TPSA) is 35.5 Å². The van der Waals surface area contributed by atoms with Gasteiger partial charge in [-0.25, -0.2) is 4.79 Å². The molecule has 0 saturated carbocycles. The summed E-state index contributed by atoms with van der Waals surface area (Å²) in [4.78, 5) is 11.1. The summed E-state index contributed by atoms with van der Waals surface area (Å²) in [6.45, 7) is 0.0523. The minimum Gasteiger partial charge on any atom is -0.497 e. The third-order valence-electron chi connectivity index (χ3n) is 1.76. The molecule has 3 nitrogen and oxygen atoms in total. The first-order valence-electron chi connectivity index (χ1n) is 4.30. The molecule has 0 aliphatic heterocycles. The molecule has 1 aromatic rings. The largest absolute Gasteiger partial charge is 0.497 e. The Morgan fingerprint density at radius 1 is 1.25 bits per heavy atom. The molecule has 0 fully saturated rings. The monoisotopic (exact) mass is 282 g/mol. The van der Waals surface area contributed by atoms with Gasteiger partial charge in [0, 0.05) is 0 Å². The van der Waals surface area contributed by atoms with Crippen LogP contribution in [0.25, 0.3) is 0 Å². The van der Waals surface area contributed by atoms with Crippen molar-refractivity contribution in [1.29, 1.82) is 0 Å². The van der Waals surface area contributed by atoms with Crippen LogP contribution in [0.1, 0.15) is 5.56 Å². The van der Waals surface area contributed by atoms with Crippen molar-refractivity contribution in [2.24, 2.45) is 0 Å². The summed E-state index contributed by atoms with van der Waals surface area (Å²) in [5.41, 5.74) is 0.781. The van der Waals surface area contributed by atoms with Crippen LogP contribution < -0.4 is 4.74 Å². The molecule has 0 heterocycles. The normalized spacial score (nSPS) is 11.0. The van der Waals surface area contributed by atoms with Crippen LogP contribution in [0, 0.1) is 0 Å². The summed E-state index contributed by atoms with van der Waals surface area (Å²) in [5.74, 6) is -0.176. The third-order valence-corrected chi connectivity index (χ3v) is 2.22. The van der Waals surface area contributed by atoms with Gasteiger partial charge in [0.15, 0.2) is 0 Å². The molecule has 0 spiro atoms. The minimum atomic E-state index is -2.04. The van der Waals surface area contributed by atoms with Crippen molar-refractivity contribution < 1.29 is 14.3 Å². The van der Waals surface area contributed by atoms with E-state index in [0.717, 1.165) is 11.3 Å². The smallest absolute Gasteiger partial charge is 0.358 e. The predicted molar refractivity (Wildman–Crippen MR) is 63.1 cm³/mol. The van der Waals surface area contributed by atoms with Gasteiger partial charge in [-0.2, -0.15) is 0 Å². The van der Waals surface area contributed by atoms with E-state index in [-0.39, 0.29) is 6.61 Å². The molecular formula is C10H9Cl3O3. The molecule has 0 amide bonds. The number of hydrogen-bond acceptors (Lipinski definition) is 3. The lowest BCUT2D eigenvalue weighted by atomic mass is 10.2. The Morgan fingerprint density at radius 2 is 1.81 bits per heavy atom. The van der Waals surface area contributed by atoms with Gasteiger partial charge in [0.05, 0.1) is 7.11 Å². The summed E-state index contributed by atoms with van der Waals surface area (Å²) in [7, 11) is 1.57. The van der Waals surface area contributed by atoms with Crippen molar-refractivity contribution in [2.75, 3.05) is 7.11 Å². The number of methoxy groups -OCH3 is 1. The van der Waals surface area contributed by atoms with Gasteiger partial charge in [-0.05, 0) is 17.7 Å². The van der Waals surface area contributed by atoms with Crippen LogP contribution in [0.2, 0.25) is 0 Å². The average molecular weight is 284 g/mol. The first-order valence-corrected chi connectivity index (χ1v) is 5.44. The SMILES string of the molecule is COc1ccc(COC(=O)C(Cl)(Cl)Cl)cc1. The number of carbonyl (C=O) groups excluding carboxylic acids is 1. The summed E-state index contributed by atoms with van der Waals surface area (Å²) in [6.07, 6.45) is 0. The Hall–Kier alpha value is -0.640. The second kappa shape index (κ2) is 5.62. The fourth-order valence-corrected chi connectivity index (χ4v) is 1.12. The van der Waals surface area contributed by atoms with Crippen LogP contribution in [0.3, 0.4) is 0 Å². The van der Waals surface area contributed by atoms with Gasteiger partial charge in [0.1, 0.15) is 12.4 Å². The van der Waals surface area contributed by atoms with E-state index in [4.69, 9.17) is 44.3 Å². The van der Waals surface area contributed by atoms with Crippen molar-refractivity contribution in [1.82, 2.24) is 0 Å². The molecule has 0 atom stereocenters. The van der Waals surface area contributed by atoms with Crippen molar-refractivity contribution in [3.63, 3.8) is 0 Å². The number of alkyl halides is 3. The Bertz CT molecular complexity index is 357. The van der Waals surface area contributed by atoms with Gasteiger partial charge in [0.2, 0.25) is 0 Å². The van der Waals surface area contributed by atoms with E-state index in [2.05, 4.69) is 0 Å². The van der Waals surface area contributed by atoms with Crippen LogP contribution in [-0.2, 0) is 16.1 Å². The molecule has 0 saturated heterocycles. The number of esters is 1. The number of hydrogen-bond donors (Lipinski definition) is 0. The van der Waals surface area contributed by atoms with Crippen molar-refractivity contribution in [3.05, 3.63) is 29.8 Å². The fourth-order valence-electron chi connectivity index (χ4n) is 0.952. The second-order valence-corrected chi connectivity index (χ2v) is 5.20. The van der Waals surface area contributed by atoms with E-state index in [9.17, 15) is 4.79 Å². The van der Waals surface area contributed by atoms with Gasteiger partial charge in [-0.3, -0.25) is 0 Å². The van der Waals surface area contributed by atoms with Crippen molar-refractivity contribution in [3.8, 4) is 5.75 Å². The average Bonchev–Trinajstić information content (AvgIpc) is 2.25. The lowest BCUT2D eigenvalue weighted by Crippen LogP contribution is -2.21. The molecule has 0 bridgehead atoms. The lowest BCUT2D eigenvalue weighted by Gasteiger charge is -2.10. The van der Waals surface area contributed by atoms with E-state index in [1.807, 2.05) is 0 Å². The van der Waals surface area contributed by atoms with Gasteiger partial charge in [-0.15, -0.1) is 0 Å². The molecule has 88 valence electrons. The highest BCUT2D eigenvalue weighted by atomic mass is 35.6. The summed E-state index contributed by atoms with van der Waals surface area (Å²) < 4.78 is 7.73. The summed E-state index contributed by atoms with van der Waals surface area (Å²) >= 11 is 16.0. The molecule has 0 aliphatic carbocycles. The van der Waals surface area contributed by atoms with E-state index >= 15 is 0 Å². The lowest BCUT2D eigenvalue weighted by molar-refractivity contribution is -0.143. The maximum atomic E-state index is 11.1. The molecule has 16 heavy (non-hydrogen) atoms. The van der Waals surface area contributed by atoms with E-state index in [1.54, 1.807) is 31.4 Å². The molecule has 1 aromatic carbocycles. The Morgan fingerprint density at radius 3 is 2.25 bits per heavy atom. The Labute approximate surface area is 108 Å². The molecule has 0 aromatic heterocycles. The minimum absolute atomic E-state index is 0.0523. The predicted octanol–water partition coefficient (Wildman–Crippen LogP) is 3.11. The first-order chi connectivity index (χ1) is 7.43. The number of benzene rings is 1. The summed E-state index contributed by atoms with van der Waals surface area (Å²) in [6, 6.07) is 7.01. The number of ether oxygens (including phenoxy) is 2. The Balaban J connectivity index is 2.52. The maximum Gasteiger partial charge on any atom is 0.358 e. The first kappa shape index (κ1) is 13.4. The zero-order chi connectivity index (χ0) is 12.2. The highest BCUT2D eigenvalue weighted by Gasteiger charge is 2.32. The van der Waals surface area contributed by atoms with Crippen molar-refractivity contribution >= 4 is 40.8 Å². The quantitative estimate of drug-likeness (QED) is 0.631. The molecule has 1 rings (SSSR count). The van der Waals surface area contributed by atoms with E-state index in [0.29, 0.717) is 0 Å².